The number of thiophene rings is 1. The molecule has 0 radical (unpaired) electrons. The average Bonchev–Trinajstić information content (AvgIpc) is 2.86. The fraction of sp³-hybridized carbons (Fsp3) is 0.286. The molecule has 114 valence electrons. The highest BCUT2D eigenvalue weighted by Crippen LogP contribution is 2.31. The van der Waals surface area contributed by atoms with Gasteiger partial charge in [0.25, 0.3) is 0 Å². The Balaban J connectivity index is 2.36. The standard InChI is InChI=1S/C14H17ClN2O2S2/c1-9-4-7-14(20-9)10(2)17(3)21(18,19)11-5-6-12(15)13(16)8-11/h4-8,10H,16H2,1-3H3. The summed E-state index contributed by atoms with van der Waals surface area (Å²) in [5, 5.41) is 0.346. The van der Waals surface area contributed by atoms with Gasteiger partial charge in [-0.2, -0.15) is 4.31 Å². The number of nitrogen functional groups attached to an aromatic ring is 1. The third-order valence-corrected chi connectivity index (χ3v) is 6.80. The van der Waals surface area contributed by atoms with Gasteiger partial charge < -0.3 is 5.73 Å². The topological polar surface area (TPSA) is 63.4 Å². The first-order valence-electron chi connectivity index (χ1n) is 6.33. The van der Waals surface area contributed by atoms with Crippen LogP contribution in [0.2, 0.25) is 5.02 Å². The lowest BCUT2D eigenvalue weighted by Gasteiger charge is -2.23. The Hall–Kier alpha value is -1.08. The average molecular weight is 345 g/mol. The van der Waals surface area contributed by atoms with Crippen LogP contribution in [-0.4, -0.2) is 19.8 Å². The van der Waals surface area contributed by atoms with Crippen LogP contribution in [0.1, 0.15) is 22.7 Å². The van der Waals surface area contributed by atoms with Crippen molar-refractivity contribution in [2.75, 3.05) is 12.8 Å². The minimum atomic E-state index is -3.62. The number of hydrogen-bond donors (Lipinski definition) is 1. The lowest BCUT2D eigenvalue weighted by Crippen LogP contribution is -2.29. The summed E-state index contributed by atoms with van der Waals surface area (Å²) < 4.78 is 26.6. The van der Waals surface area contributed by atoms with E-state index >= 15 is 0 Å². The van der Waals surface area contributed by atoms with Gasteiger partial charge in [0.05, 0.1) is 21.6 Å². The summed E-state index contributed by atoms with van der Waals surface area (Å²) in [5.41, 5.74) is 5.95. The molecule has 1 aromatic carbocycles. The van der Waals surface area contributed by atoms with Gasteiger partial charge in [-0.15, -0.1) is 11.3 Å². The van der Waals surface area contributed by atoms with E-state index in [0.717, 1.165) is 9.75 Å². The molecule has 2 rings (SSSR count). The van der Waals surface area contributed by atoms with Crippen molar-refractivity contribution in [2.45, 2.75) is 24.8 Å². The summed E-state index contributed by atoms with van der Waals surface area (Å²) in [6.45, 7) is 3.86. The Morgan fingerprint density at radius 1 is 1.29 bits per heavy atom. The maximum Gasteiger partial charge on any atom is 0.243 e. The van der Waals surface area contributed by atoms with E-state index in [4.69, 9.17) is 17.3 Å². The lowest BCUT2D eigenvalue weighted by atomic mass is 10.3. The van der Waals surface area contributed by atoms with Crippen LogP contribution in [0.5, 0.6) is 0 Å². The minimum Gasteiger partial charge on any atom is -0.397 e. The van der Waals surface area contributed by atoms with Crippen molar-refractivity contribution < 1.29 is 8.42 Å². The summed E-state index contributed by atoms with van der Waals surface area (Å²) >= 11 is 7.43. The molecule has 0 bridgehead atoms. The minimum absolute atomic E-state index is 0.145. The molecule has 1 unspecified atom stereocenters. The van der Waals surface area contributed by atoms with Crippen LogP contribution >= 0.6 is 22.9 Å². The molecule has 0 aliphatic carbocycles. The van der Waals surface area contributed by atoms with E-state index in [2.05, 4.69) is 0 Å². The second-order valence-electron chi connectivity index (χ2n) is 4.83. The zero-order valence-electron chi connectivity index (χ0n) is 12.0. The number of halogens is 1. The lowest BCUT2D eigenvalue weighted by molar-refractivity contribution is 0.403. The molecule has 0 saturated heterocycles. The maximum absolute atomic E-state index is 12.6. The fourth-order valence-electron chi connectivity index (χ4n) is 1.91. The van der Waals surface area contributed by atoms with Gasteiger partial charge in [-0.3, -0.25) is 0 Å². The van der Waals surface area contributed by atoms with E-state index in [0.29, 0.717) is 5.02 Å². The molecule has 0 aliphatic rings. The Morgan fingerprint density at radius 2 is 1.95 bits per heavy atom. The number of rotatable bonds is 4. The predicted octanol–water partition coefficient (Wildman–Crippen LogP) is 3.67. The Kier molecular flexibility index (Phi) is 4.63. The normalized spacial score (nSPS) is 13.6. The molecular weight excluding hydrogens is 328 g/mol. The highest BCUT2D eigenvalue weighted by molar-refractivity contribution is 7.89. The molecule has 2 N–H and O–H groups in total. The van der Waals surface area contributed by atoms with E-state index in [9.17, 15) is 8.42 Å². The molecule has 7 heteroatoms. The van der Waals surface area contributed by atoms with Gasteiger partial charge in [-0.1, -0.05) is 11.6 Å². The van der Waals surface area contributed by atoms with Gasteiger partial charge in [0, 0.05) is 16.8 Å². The maximum atomic E-state index is 12.6. The number of nitrogens with two attached hydrogens (primary N) is 1. The number of benzene rings is 1. The quantitative estimate of drug-likeness (QED) is 0.860. The summed E-state index contributed by atoms with van der Waals surface area (Å²) in [6, 6.07) is 8.05. The molecule has 0 aliphatic heterocycles. The van der Waals surface area contributed by atoms with Crippen molar-refractivity contribution in [1.29, 1.82) is 0 Å². The van der Waals surface area contributed by atoms with Gasteiger partial charge in [0.2, 0.25) is 10.0 Å². The number of sulfonamides is 1. The van der Waals surface area contributed by atoms with Crippen LogP contribution in [0.15, 0.2) is 35.2 Å². The second kappa shape index (κ2) is 5.96. The zero-order chi connectivity index (χ0) is 15.8. The third-order valence-electron chi connectivity index (χ3n) is 3.36. The van der Waals surface area contributed by atoms with Crippen LogP contribution < -0.4 is 5.73 Å². The van der Waals surface area contributed by atoms with Crippen molar-refractivity contribution in [2.24, 2.45) is 0 Å². The van der Waals surface area contributed by atoms with Gasteiger partial charge in [-0.25, -0.2) is 8.42 Å². The molecule has 1 aromatic heterocycles. The molecular formula is C14H17ClN2O2S2. The SMILES string of the molecule is Cc1ccc(C(C)N(C)S(=O)(=O)c2ccc(Cl)c(N)c2)s1. The van der Waals surface area contributed by atoms with E-state index in [1.54, 1.807) is 18.4 Å². The largest absolute Gasteiger partial charge is 0.397 e. The van der Waals surface area contributed by atoms with Gasteiger partial charge in [0.1, 0.15) is 0 Å². The number of anilines is 1. The molecule has 0 amide bonds. The van der Waals surface area contributed by atoms with E-state index in [-0.39, 0.29) is 16.6 Å². The van der Waals surface area contributed by atoms with Crippen LogP contribution in [0.3, 0.4) is 0 Å². The molecule has 0 saturated carbocycles. The van der Waals surface area contributed by atoms with Crippen LogP contribution in [-0.2, 0) is 10.0 Å². The van der Waals surface area contributed by atoms with E-state index < -0.39 is 10.0 Å². The molecule has 0 fully saturated rings. The second-order valence-corrected chi connectivity index (χ2v) is 8.55. The van der Waals surface area contributed by atoms with Crippen molar-refractivity contribution in [3.05, 3.63) is 45.1 Å². The van der Waals surface area contributed by atoms with Crippen molar-refractivity contribution >= 4 is 38.6 Å². The van der Waals surface area contributed by atoms with E-state index in [1.165, 1.54) is 22.5 Å². The summed E-state index contributed by atoms with van der Waals surface area (Å²) in [4.78, 5) is 2.30. The highest BCUT2D eigenvalue weighted by atomic mass is 35.5. The van der Waals surface area contributed by atoms with Crippen molar-refractivity contribution in [1.82, 2.24) is 4.31 Å². The first-order chi connectivity index (χ1) is 9.73. The molecule has 2 aromatic rings. The molecule has 21 heavy (non-hydrogen) atoms. The Labute approximate surface area is 134 Å². The molecule has 1 heterocycles. The summed E-state index contributed by atoms with van der Waals surface area (Å²) in [6.07, 6.45) is 0. The molecule has 1 atom stereocenters. The first kappa shape index (κ1) is 16.3. The number of nitrogens with zero attached hydrogens (tertiary/aromatic N) is 1. The number of hydrogen-bond acceptors (Lipinski definition) is 4. The summed E-state index contributed by atoms with van der Waals surface area (Å²) in [5.74, 6) is 0. The first-order valence-corrected chi connectivity index (χ1v) is 8.96. The molecule has 4 nitrogen and oxygen atoms in total. The Morgan fingerprint density at radius 3 is 2.48 bits per heavy atom. The van der Waals surface area contributed by atoms with Crippen molar-refractivity contribution in [3.63, 3.8) is 0 Å². The zero-order valence-corrected chi connectivity index (χ0v) is 14.4. The summed E-state index contributed by atoms with van der Waals surface area (Å²) in [7, 11) is -2.05. The fourth-order valence-corrected chi connectivity index (χ4v) is 4.45. The van der Waals surface area contributed by atoms with Crippen molar-refractivity contribution in [3.8, 4) is 0 Å². The van der Waals surface area contributed by atoms with Crippen LogP contribution in [0.4, 0.5) is 5.69 Å². The van der Waals surface area contributed by atoms with Crippen LogP contribution in [0.25, 0.3) is 0 Å². The monoisotopic (exact) mass is 344 g/mol. The smallest absolute Gasteiger partial charge is 0.243 e. The van der Waals surface area contributed by atoms with Gasteiger partial charge in [0.15, 0.2) is 0 Å². The third kappa shape index (κ3) is 3.23. The van der Waals surface area contributed by atoms with Crippen LogP contribution in [0, 0.1) is 6.92 Å². The highest BCUT2D eigenvalue weighted by Gasteiger charge is 2.27. The van der Waals surface area contributed by atoms with Gasteiger partial charge in [-0.05, 0) is 44.2 Å². The Bertz CT molecular complexity index is 756. The predicted molar refractivity (Wildman–Crippen MR) is 88.3 cm³/mol. The van der Waals surface area contributed by atoms with E-state index in [1.807, 2.05) is 26.0 Å². The number of aryl methyl sites for hydroxylation is 1. The van der Waals surface area contributed by atoms with Gasteiger partial charge >= 0.3 is 0 Å². The molecule has 0 spiro atoms.